The van der Waals surface area contributed by atoms with Crippen LogP contribution in [-0.2, 0) is 11.3 Å². The number of nitrogens with one attached hydrogen (secondary N) is 1. The number of carbonyl (C=O) groups excluding carboxylic acids is 2. The highest BCUT2D eigenvalue weighted by Gasteiger charge is 2.23. The zero-order valence-electron chi connectivity index (χ0n) is 15.3. The van der Waals surface area contributed by atoms with Gasteiger partial charge in [0.05, 0.1) is 18.3 Å². The molecule has 2 aromatic rings. The van der Waals surface area contributed by atoms with Gasteiger partial charge in [-0.1, -0.05) is 36.4 Å². The minimum atomic E-state index is -1.16. The van der Waals surface area contributed by atoms with Crippen LogP contribution in [0.3, 0.4) is 0 Å². The van der Waals surface area contributed by atoms with Crippen molar-refractivity contribution in [2.75, 3.05) is 13.2 Å². The highest BCUT2D eigenvalue weighted by molar-refractivity contribution is 5.99. The van der Waals surface area contributed by atoms with Crippen molar-refractivity contribution in [3.63, 3.8) is 0 Å². The van der Waals surface area contributed by atoms with Crippen LogP contribution in [0.15, 0.2) is 48.5 Å². The number of carbonyl (C=O) groups is 2. The average Bonchev–Trinajstić information content (AvgIpc) is 2.72. The number of benzene rings is 2. The number of Topliss-reactive ketones (excluding diaryl/α,β-unsaturated/α-hetero) is 1. The molecule has 2 unspecified atom stereocenters. The van der Waals surface area contributed by atoms with Crippen molar-refractivity contribution in [3.05, 3.63) is 65.2 Å². The number of aliphatic hydroxyl groups excluding tert-OH is 2. The Hall–Kier alpha value is -2.90. The number of ketones is 1. The van der Waals surface area contributed by atoms with E-state index in [1.807, 2.05) is 30.3 Å². The Morgan fingerprint density at radius 3 is 2.75 bits per heavy atom. The molecule has 1 aliphatic heterocycles. The molecule has 7 heteroatoms. The fraction of sp³-hybridized carbons (Fsp3) is 0.333. The largest absolute Gasteiger partial charge is 0.492 e. The van der Waals surface area contributed by atoms with E-state index in [0.29, 0.717) is 29.9 Å². The highest BCUT2D eigenvalue weighted by atomic mass is 16.5. The maximum Gasteiger partial charge on any atom is 0.407 e. The molecule has 0 bridgehead atoms. The predicted molar refractivity (Wildman–Crippen MR) is 101 cm³/mol. The monoisotopic (exact) mass is 385 g/mol. The molecule has 148 valence electrons. The summed E-state index contributed by atoms with van der Waals surface area (Å²) in [4.78, 5) is 23.5. The zero-order chi connectivity index (χ0) is 19.9. The number of ether oxygens (including phenoxy) is 2. The van der Waals surface area contributed by atoms with Crippen molar-refractivity contribution in [2.45, 2.75) is 31.7 Å². The molecule has 0 saturated heterocycles. The molecule has 3 rings (SSSR count). The number of alkyl carbamates (subject to hydrolysis) is 1. The topological polar surface area (TPSA) is 105 Å². The first-order valence-electron chi connectivity index (χ1n) is 9.15. The van der Waals surface area contributed by atoms with Crippen molar-refractivity contribution in [2.24, 2.45) is 0 Å². The van der Waals surface area contributed by atoms with Crippen LogP contribution in [0, 0.1) is 0 Å². The molecular formula is C21H23NO6. The first kappa shape index (κ1) is 19.9. The quantitative estimate of drug-likeness (QED) is 0.676. The molecule has 1 heterocycles. The van der Waals surface area contributed by atoms with E-state index in [1.165, 1.54) is 0 Å². The van der Waals surface area contributed by atoms with Crippen LogP contribution in [0.2, 0.25) is 0 Å². The number of hydrogen-bond donors (Lipinski definition) is 3. The zero-order valence-corrected chi connectivity index (χ0v) is 15.3. The van der Waals surface area contributed by atoms with E-state index in [0.717, 1.165) is 5.56 Å². The number of fused-ring (bicyclic) bond motifs is 1. The van der Waals surface area contributed by atoms with E-state index in [1.54, 1.807) is 18.2 Å². The average molecular weight is 385 g/mol. The number of rotatable bonds is 7. The van der Waals surface area contributed by atoms with E-state index in [-0.39, 0.29) is 25.4 Å². The minimum Gasteiger partial charge on any atom is -0.492 e. The normalized spacial score (nSPS) is 15.1. The molecule has 1 amide bonds. The molecule has 0 spiro atoms. The summed E-state index contributed by atoms with van der Waals surface area (Å²) in [6.07, 6.45) is -2.37. The highest BCUT2D eigenvalue weighted by Crippen LogP contribution is 2.29. The summed E-state index contributed by atoms with van der Waals surface area (Å²) in [7, 11) is 0. The van der Waals surface area contributed by atoms with Gasteiger partial charge in [-0.15, -0.1) is 0 Å². The Kier molecular flexibility index (Phi) is 6.62. The molecule has 3 N–H and O–H groups in total. The molecule has 0 aliphatic carbocycles. The molecule has 7 nitrogen and oxygen atoms in total. The lowest BCUT2D eigenvalue weighted by molar-refractivity contribution is 0.0135. The van der Waals surface area contributed by atoms with Crippen molar-refractivity contribution in [1.29, 1.82) is 0 Å². The number of hydrogen-bond acceptors (Lipinski definition) is 6. The second kappa shape index (κ2) is 9.34. The summed E-state index contributed by atoms with van der Waals surface area (Å²) < 4.78 is 10.5. The van der Waals surface area contributed by atoms with Gasteiger partial charge in [0.25, 0.3) is 0 Å². The van der Waals surface area contributed by atoms with Gasteiger partial charge in [-0.2, -0.15) is 0 Å². The first-order chi connectivity index (χ1) is 13.5. The van der Waals surface area contributed by atoms with E-state index in [2.05, 4.69) is 5.32 Å². The Morgan fingerprint density at radius 2 is 1.96 bits per heavy atom. The van der Waals surface area contributed by atoms with Gasteiger partial charge in [-0.25, -0.2) is 4.79 Å². The van der Waals surface area contributed by atoms with Crippen LogP contribution in [0.4, 0.5) is 4.79 Å². The van der Waals surface area contributed by atoms with Gasteiger partial charge in [-0.05, 0) is 29.7 Å². The minimum absolute atomic E-state index is 0.000975. The maximum absolute atomic E-state index is 11.8. The van der Waals surface area contributed by atoms with Crippen LogP contribution >= 0.6 is 0 Å². The van der Waals surface area contributed by atoms with Crippen molar-refractivity contribution in [1.82, 2.24) is 5.32 Å². The fourth-order valence-electron chi connectivity index (χ4n) is 2.94. The number of amides is 1. The first-order valence-corrected chi connectivity index (χ1v) is 9.15. The molecule has 0 radical (unpaired) electrons. The maximum atomic E-state index is 11.8. The molecular weight excluding hydrogens is 362 g/mol. The molecule has 0 fully saturated rings. The van der Waals surface area contributed by atoms with E-state index < -0.39 is 18.3 Å². The van der Waals surface area contributed by atoms with Crippen LogP contribution < -0.4 is 10.1 Å². The summed E-state index contributed by atoms with van der Waals surface area (Å²) >= 11 is 0. The van der Waals surface area contributed by atoms with Crippen LogP contribution in [0.1, 0.15) is 40.4 Å². The summed E-state index contributed by atoms with van der Waals surface area (Å²) in [5.74, 6) is 0.420. The smallest absolute Gasteiger partial charge is 0.407 e. The SMILES string of the molecule is O=C(NCCC(O)C(O)c1ccc2c(c1)OCCC2=O)OCc1ccccc1. The van der Waals surface area contributed by atoms with Gasteiger partial charge in [0.2, 0.25) is 0 Å². The lowest BCUT2D eigenvalue weighted by Gasteiger charge is -2.21. The van der Waals surface area contributed by atoms with Crippen molar-refractivity contribution in [3.8, 4) is 5.75 Å². The van der Waals surface area contributed by atoms with Gasteiger partial charge in [-0.3, -0.25) is 4.79 Å². The molecule has 1 aliphatic rings. The standard InChI is InChI=1S/C21H23NO6/c23-17-9-11-27-19-12-15(6-7-16(17)19)20(25)18(24)8-10-22-21(26)28-13-14-4-2-1-3-5-14/h1-7,12,18,20,24-25H,8-11,13H2,(H,22,26). The molecule has 0 aromatic heterocycles. The second-order valence-corrected chi connectivity index (χ2v) is 6.57. The predicted octanol–water partition coefficient (Wildman–Crippen LogP) is 2.36. The van der Waals surface area contributed by atoms with Crippen LogP contribution in [-0.4, -0.2) is 41.3 Å². The Labute approximate surface area is 162 Å². The van der Waals surface area contributed by atoms with Crippen molar-refractivity contribution < 1.29 is 29.3 Å². The summed E-state index contributed by atoms with van der Waals surface area (Å²) in [6, 6.07) is 14.1. The van der Waals surface area contributed by atoms with Crippen molar-refractivity contribution >= 4 is 11.9 Å². The molecule has 2 atom stereocenters. The summed E-state index contributed by atoms with van der Waals surface area (Å²) in [6.45, 7) is 0.612. The Balaban J connectivity index is 1.45. The van der Waals surface area contributed by atoms with E-state index >= 15 is 0 Å². The lowest BCUT2D eigenvalue weighted by Crippen LogP contribution is -2.29. The van der Waals surface area contributed by atoms with Gasteiger partial charge in [0, 0.05) is 13.0 Å². The molecule has 0 saturated carbocycles. The summed E-state index contributed by atoms with van der Waals surface area (Å²) in [5.41, 5.74) is 1.81. The van der Waals surface area contributed by atoms with Gasteiger partial charge in [0.15, 0.2) is 5.78 Å². The van der Waals surface area contributed by atoms with Crippen LogP contribution in [0.5, 0.6) is 5.75 Å². The molecule has 28 heavy (non-hydrogen) atoms. The van der Waals surface area contributed by atoms with Crippen LogP contribution in [0.25, 0.3) is 0 Å². The fourth-order valence-corrected chi connectivity index (χ4v) is 2.94. The second-order valence-electron chi connectivity index (χ2n) is 6.57. The molecule has 2 aromatic carbocycles. The van der Waals surface area contributed by atoms with Gasteiger partial charge in [0.1, 0.15) is 18.5 Å². The lowest BCUT2D eigenvalue weighted by atomic mass is 9.97. The van der Waals surface area contributed by atoms with Gasteiger partial charge >= 0.3 is 6.09 Å². The Morgan fingerprint density at radius 1 is 1.18 bits per heavy atom. The van der Waals surface area contributed by atoms with E-state index in [9.17, 15) is 19.8 Å². The third-order valence-electron chi connectivity index (χ3n) is 4.52. The summed E-state index contributed by atoms with van der Waals surface area (Å²) in [5, 5.41) is 23.1. The van der Waals surface area contributed by atoms with Gasteiger partial charge < -0.3 is 25.0 Å². The third-order valence-corrected chi connectivity index (χ3v) is 4.52. The van der Waals surface area contributed by atoms with E-state index in [4.69, 9.17) is 9.47 Å². The number of aliphatic hydroxyl groups is 2. The Bertz CT molecular complexity index is 823. The third kappa shape index (κ3) is 5.09.